The van der Waals surface area contributed by atoms with Crippen LogP contribution in [-0.4, -0.2) is 58.4 Å². The Morgan fingerprint density at radius 1 is 0.833 bits per heavy atom. The molecule has 2 aromatic carbocycles. The molecule has 1 heterocycles. The second kappa shape index (κ2) is 13.3. The molecule has 7 nitrogen and oxygen atoms in total. The number of carbonyl (C=O) groups excluding carboxylic acids is 2. The summed E-state index contributed by atoms with van der Waals surface area (Å²) >= 11 is 0. The van der Waals surface area contributed by atoms with Gasteiger partial charge in [-0.05, 0) is 73.4 Å². The Labute approximate surface area is 214 Å². The first-order chi connectivity index (χ1) is 17.4. The zero-order valence-corrected chi connectivity index (χ0v) is 22.0. The maximum Gasteiger partial charge on any atom is 0.306 e. The second-order valence-corrected chi connectivity index (χ2v) is 9.78. The van der Waals surface area contributed by atoms with Crippen LogP contribution in [0.2, 0.25) is 0 Å². The van der Waals surface area contributed by atoms with Gasteiger partial charge in [0.05, 0.1) is 41.3 Å². The van der Waals surface area contributed by atoms with Crippen LogP contribution in [-0.2, 0) is 32.0 Å². The van der Waals surface area contributed by atoms with E-state index in [4.69, 9.17) is 18.9 Å². The molecule has 1 saturated heterocycles. The minimum atomic E-state index is -0.619. The van der Waals surface area contributed by atoms with Crippen molar-refractivity contribution in [3.05, 3.63) is 59.7 Å². The number of hydrogen-bond acceptors (Lipinski definition) is 7. The number of hydrogen-bond donors (Lipinski definition) is 0. The highest BCUT2D eigenvalue weighted by Gasteiger charge is 2.39. The fourth-order valence-corrected chi connectivity index (χ4v) is 5.39. The predicted octanol–water partition coefficient (Wildman–Crippen LogP) is 4.66. The Morgan fingerprint density at radius 2 is 1.44 bits per heavy atom. The molecule has 0 bridgehead atoms. The lowest BCUT2D eigenvalue weighted by atomic mass is 9.68. The van der Waals surface area contributed by atoms with Gasteiger partial charge in [-0.25, -0.2) is 0 Å². The summed E-state index contributed by atoms with van der Waals surface area (Å²) in [6, 6.07) is 16.2. The standard InChI is InChI=1S/C29H39NO6/c1-33-25-11-10-24(16-26(25)34-2)18-29(19-27(31)35-3,20-28(32)36-4)17-22-12-14-30(15-13-22)21-23-8-6-5-7-9-23/h5-11,16,22H,12-15,17-21H2,1-4H3. The number of methoxy groups -OCH3 is 4. The van der Waals surface area contributed by atoms with E-state index in [2.05, 4.69) is 29.2 Å². The molecular formula is C29H39NO6. The lowest BCUT2D eigenvalue weighted by Crippen LogP contribution is -2.38. The van der Waals surface area contributed by atoms with Crippen LogP contribution in [0.4, 0.5) is 0 Å². The van der Waals surface area contributed by atoms with E-state index in [-0.39, 0.29) is 24.8 Å². The topological polar surface area (TPSA) is 74.3 Å². The third-order valence-electron chi connectivity index (χ3n) is 7.20. The number of rotatable bonds is 12. The quantitative estimate of drug-likeness (QED) is 0.395. The second-order valence-electron chi connectivity index (χ2n) is 9.78. The maximum absolute atomic E-state index is 12.6. The van der Waals surface area contributed by atoms with Gasteiger partial charge >= 0.3 is 11.9 Å². The smallest absolute Gasteiger partial charge is 0.306 e. The van der Waals surface area contributed by atoms with Crippen molar-refractivity contribution in [2.75, 3.05) is 41.5 Å². The fourth-order valence-electron chi connectivity index (χ4n) is 5.39. The van der Waals surface area contributed by atoms with Crippen LogP contribution in [0.3, 0.4) is 0 Å². The first-order valence-electron chi connectivity index (χ1n) is 12.5. The highest BCUT2D eigenvalue weighted by molar-refractivity contribution is 5.74. The number of likely N-dealkylation sites (tertiary alicyclic amines) is 1. The third kappa shape index (κ3) is 7.72. The summed E-state index contributed by atoms with van der Waals surface area (Å²) in [5.41, 5.74) is 1.67. The van der Waals surface area contributed by atoms with E-state index >= 15 is 0 Å². The third-order valence-corrected chi connectivity index (χ3v) is 7.20. The van der Waals surface area contributed by atoms with Gasteiger partial charge in [0.1, 0.15) is 0 Å². The zero-order chi connectivity index (χ0) is 26.0. The average Bonchev–Trinajstić information content (AvgIpc) is 2.90. The Hall–Kier alpha value is -3.06. The maximum atomic E-state index is 12.6. The lowest BCUT2D eigenvalue weighted by Gasteiger charge is -2.39. The number of esters is 2. The van der Waals surface area contributed by atoms with E-state index < -0.39 is 5.41 Å². The Balaban J connectivity index is 1.80. The largest absolute Gasteiger partial charge is 0.493 e. The Kier molecular flexibility index (Phi) is 10.2. The van der Waals surface area contributed by atoms with Crippen LogP contribution in [0.25, 0.3) is 0 Å². The molecule has 0 N–H and O–H groups in total. The number of benzene rings is 2. The molecule has 0 spiro atoms. The van der Waals surface area contributed by atoms with Gasteiger partial charge < -0.3 is 18.9 Å². The normalized spacial score (nSPS) is 14.8. The van der Waals surface area contributed by atoms with Crippen LogP contribution in [0, 0.1) is 11.3 Å². The highest BCUT2D eigenvalue weighted by Crippen LogP contribution is 2.42. The molecule has 7 heteroatoms. The van der Waals surface area contributed by atoms with Crippen LogP contribution in [0.5, 0.6) is 11.5 Å². The molecule has 0 aliphatic carbocycles. The van der Waals surface area contributed by atoms with Crippen LogP contribution in [0.15, 0.2) is 48.5 Å². The minimum Gasteiger partial charge on any atom is -0.493 e. The molecule has 0 amide bonds. The van der Waals surface area contributed by atoms with Crippen LogP contribution in [0.1, 0.15) is 43.2 Å². The summed E-state index contributed by atoms with van der Waals surface area (Å²) in [5.74, 6) is 1.01. The van der Waals surface area contributed by atoms with Gasteiger partial charge in [-0.1, -0.05) is 36.4 Å². The van der Waals surface area contributed by atoms with Gasteiger partial charge in [0.2, 0.25) is 0 Å². The summed E-state index contributed by atoms with van der Waals surface area (Å²) in [7, 11) is 5.98. The summed E-state index contributed by atoms with van der Waals surface area (Å²) in [6.07, 6.45) is 3.60. The lowest BCUT2D eigenvalue weighted by molar-refractivity contribution is -0.148. The van der Waals surface area contributed by atoms with E-state index in [0.29, 0.717) is 23.8 Å². The van der Waals surface area contributed by atoms with Crippen molar-refractivity contribution < 1.29 is 28.5 Å². The van der Waals surface area contributed by atoms with E-state index in [9.17, 15) is 9.59 Å². The molecule has 0 aromatic heterocycles. The Morgan fingerprint density at radius 3 is 2.00 bits per heavy atom. The summed E-state index contributed by atoms with van der Waals surface area (Å²) < 4.78 is 21.0. The molecule has 1 aliphatic heterocycles. The number of nitrogens with zero attached hydrogens (tertiary/aromatic N) is 1. The van der Waals surface area contributed by atoms with Gasteiger partial charge in [-0.3, -0.25) is 14.5 Å². The zero-order valence-electron chi connectivity index (χ0n) is 22.0. The summed E-state index contributed by atoms with van der Waals surface area (Å²) in [4.78, 5) is 27.6. The molecule has 196 valence electrons. The number of ether oxygens (including phenoxy) is 4. The van der Waals surface area contributed by atoms with Gasteiger partial charge in [-0.2, -0.15) is 0 Å². The molecule has 1 aliphatic rings. The van der Waals surface area contributed by atoms with Crippen molar-refractivity contribution >= 4 is 11.9 Å². The monoisotopic (exact) mass is 497 g/mol. The molecule has 0 atom stereocenters. The van der Waals surface area contributed by atoms with Crippen molar-refractivity contribution in [1.29, 1.82) is 0 Å². The molecular weight excluding hydrogens is 458 g/mol. The predicted molar refractivity (Wildman–Crippen MR) is 138 cm³/mol. The number of carbonyl (C=O) groups is 2. The molecule has 1 fully saturated rings. The first kappa shape index (κ1) is 27.5. The van der Waals surface area contributed by atoms with Gasteiger partial charge in [0, 0.05) is 6.54 Å². The molecule has 3 rings (SSSR count). The van der Waals surface area contributed by atoms with Crippen molar-refractivity contribution in [2.45, 2.75) is 45.1 Å². The van der Waals surface area contributed by atoms with E-state index in [1.807, 2.05) is 24.3 Å². The van der Waals surface area contributed by atoms with Crippen molar-refractivity contribution in [3.8, 4) is 11.5 Å². The van der Waals surface area contributed by atoms with Gasteiger partial charge in [-0.15, -0.1) is 0 Å². The molecule has 0 radical (unpaired) electrons. The SMILES string of the molecule is COC(=O)CC(CC(=O)OC)(Cc1ccc(OC)c(OC)c1)CC1CCN(Cc2ccccc2)CC1. The highest BCUT2D eigenvalue weighted by atomic mass is 16.5. The summed E-state index contributed by atoms with van der Waals surface area (Å²) in [6.45, 7) is 2.92. The van der Waals surface area contributed by atoms with Crippen LogP contribution >= 0.6 is 0 Å². The fraction of sp³-hybridized carbons (Fsp3) is 0.517. The van der Waals surface area contributed by atoms with E-state index in [1.165, 1.54) is 19.8 Å². The van der Waals surface area contributed by atoms with Gasteiger partial charge in [0.15, 0.2) is 11.5 Å². The van der Waals surface area contributed by atoms with Gasteiger partial charge in [0.25, 0.3) is 0 Å². The molecule has 2 aromatic rings. The van der Waals surface area contributed by atoms with E-state index in [1.54, 1.807) is 14.2 Å². The first-order valence-corrected chi connectivity index (χ1v) is 12.5. The van der Waals surface area contributed by atoms with Crippen LogP contribution < -0.4 is 9.47 Å². The van der Waals surface area contributed by atoms with E-state index in [0.717, 1.165) is 44.5 Å². The number of piperidine rings is 1. The Bertz CT molecular complexity index is 967. The molecule has 0 unspecified atom stereocenters. The van der Waals surface area contributed by atoms with Crippen molar-refractivity contribution in [2.24, 2.45) is 11.3 Å². The summed E-state index contributed by atoms with van der Waals surface area (Å²) in [5, 5.41) is 0. The van der Waals surface area contributed by atoms with Crippen molar-refractivity contribution in [3.63, 3.8) is 0 Å². The molecule has 36 heavy (non-hydrogen) atoms. The molecule has 0 saturated carbocycles. The minimum absolute atomic E-state index is 0.150. The average molecular weight is 498 g/mol. The van der Waals surface area contributed by atoms with Crippen molar-refractivity contribution in [1.82, 2.24) is 4.90 Å².